The van der Waals surface area contributed by atoms with E-state index in [9.17, 15) is 9.59 Å². The lowest BCUT2D eigenvalue weighted by atomic mass is 9.89. The van der Waals surface area contributed by atoms with Gasteiger partial charge in [-0.1, -0.05) is 0 Å². The molecule has 1 fully saturated rings. The molecule has 0 radical (unpaired) electrons. The molecule has 0 bridgehead atoms. The summed E-state index contributed by atoms with van der Waals surface area (Å²) < 4.78 is 6.93. The quantitative estimate of drug-likeness (QED) is 0.453. The molecule has 9 nitrogen and oxygen atoms in total. The van der Waals surface area contributed by atoms with E-state index in [1.165, 1.54) is 6.33 Å². The van der Waals surface area contributed by atoms with Gasteiger partial charge in [-0.25, -0.2) is 9.67 Å². The van der Waals surface area contributed by atoms with Crippen molar-refractivity contribution in [2.24, 2.45) is 0 Å². The minimum Gasteiger partial charge on any atom is -0.468 e. The van der Waals surface area contributed by atoms with E-state index in [2.05, 4.69) is 15.4 Å². The molecule has 4 heterocycles. The topological polar surface area (TPSA) is 106 Å². The Morgan fingerprint density at radius 3 is 2.71 bits per heavy atom. The molecule has 35 heavy (non-hydrogen) atoms. The number of amides is 2. The molecule has 1 aliphatic heterocycles. The summed E-state index contributed by atoms with van der Waals surface area (Å²) in [5, 5.41) is 7.18. The fourth-order valence-electron chi connectivity index (χ4n) is 4.32. The second-order valence-corrected chi connectivity index (χ2v) is 10.3. The zero-order valence-electron chi connectivity index (χ0n) is 20.4. The molecule has 0 spiro atoms. The average Bonchev–Trinajstić information content (AvgIpc) is 3.58. The van der Waals surface area contributed by atoms with Crippen LogP contribution in [-0.2, 0) is 16.1 Å². The third kappa shape index (κ3) is 5.93. The van der Waals surface area contributed by atoms with Crippen molar-refractivity contribution in [1.29, 1.82) is 0 Å². The number of aryl methyl sites for hydroxylation is 1. The summed E-state index contributed by atoms with van der Waals surface area (Å²) in [6, 6.07) is 7.57. The van der Waals surface area contributed by atoms with E-state index in [-0.39, 0.29) is 17.7 Å². The number of furan rings is 1. The maximum Gasteiger partial charge on any atom is 0.253 e. The van der Waals surface area contributed by atoms with Gasteiger partial charge in [0.1, 0.15) is 24.0 Å². The lowest BCUT2D eigenvalue weighted by Crippen LogP contribution is -2.49. The Hall–Kier alpha value is -3.14. The van der Waals surface area contributed by atoms with Gasteiger partial charge in [-0.15, -0.1) is 0 Å². The second-order valence-electron chi connectivity index (χ2n) is 9.24. The molecule has 1 aliphatic rings. The van der Waals surface area contributed by atoms with Crippen LogP contribution in [0.4, 0.5) is 0 Å². The van der Waals surface area contributed by atoms with Crippen molar-refractivity contribution in [2.75, 3.05) is 25.4 Å². The number of likely N-dealkylation sites (tertiary alicyclic amines) is 1. The maximum absolute atomic E-state index is 13.2. The number of nitrogens with one attached hydrogen (secondary N) is 1. The van der Waals surface area contributed by atoms with Crippen molar-refractivity contribution in [3.8, 4) is 0 Å². The fraction of sp³-hybridized carbons (Fsp3) is 0.480. The van der Waals surface area contributed by atoms with Crippen molar-refractivity contribution in [3.05, 3.63) is 65.9 Å². The third-order valence-corrected chi connectivity index (χ3v) is 7.33. The summed E-state index contributed by atoms with van der Waals surface area (Å²) in [6.07, 6.45) is 6.20. The Morgan fingerprint density at radius 2 is 2.03 bits per heavy atom. The molecule has 3 aromatic heterocycles. The van der Waals surface area contributed by atoms with Crippen LogP contribution in [0.5, 0.6) is 0 Å². The highest BCUT2D eigenvalue weighted by atomic mass is 32.2. The minimum atomic E-state index is -0.801. The van der Waals surface area contributed by atoms with Gasteiger partial charge in [0.25, 0.3) is 5.91 Å². The van der Waals surface area contributed by atoms with Gasteiger partial charge < -0.3 is 14.6 Å². The van der Waals surface area contributed by atoms with E-state index in [4.69, 9.17) is 9.40 Å². The van der Waals surface area contributed by atoms with Gasteiger partial charge >= 0.3 is 0 Å². The molecule has 0 saturated carbocycles. The molecule has 1 saturated heterocycles. The summed E-state index contributed by atoms with van der Waals surface area (Å²) in [6.45, 7) is 7.45. The van der Waals surface area contributed by atoms with Crippen LogP contribution in [0.25, 0.3) is 0 Å². The van der Waals surface area contributed by atoms with Crippen molar-refractivity contribution in [3.63, 3.8) is 0 Å². The molecule has 2 amide bonds. The Morgan fingerprint density at radius 1 is 1.23 bits per heavy atom. The molecule has 0 aromatic carbocycles. The first-order valence-electron chi connectivity index (χ1n) is 11.9. The predicted molar refractivity (Wildman–Crippen MR) is 134 cm³/mol. The average molecular weight is 497 g/mol. The Bertz CT molecular complexity index is 1120. The number of pyridine rings is 1. The molecule has 3 aromatic rings. The van der Waals surface area contributed by atoms with E-state index < -0.39 is 5.54 Å². The SMILES string of the molecule is Cc1ccc(C(=O)NCCSCc2ccco2)c(C2CCN(C(=O)C(C)(C)n3cncn3)CC2)n1. The molecular formula is C25H32N6O3S. The summed E-state index contributed by atoms with van der Waals surface area (Å²) >= 11 is 1.71. The predicted octanol–water partition coefficient (Wildman–Crippen LogP) is 3.38. The van der Waals surface area contributed by atoms with Crippen LogP contribution in [0.15, 0.2) is 47.6 Å². The summed E-state index contributed by atoms with van der Waals surface area (Å²) in [4.78, 5) is 36.8. The monoisotopic (exact) mass is 496 g/mol. The van der Waals surface area contributed by atoms with Crippen LogP contribution in [0.3, 0.4) is 0 Å². The minimum absolute atomic E-state index is 0.0173. The number of hydrogen-bond donors (Lipinski definition) is 1. The summed E-state index contributed by atoms with van der Waals surface area (Å²) in [5.74, 6) is 2.55. The number of rotatable bonds is 9. The lowest BCUT2D eigenvalue weighted by molar-refractivity contribution is -0.140. The number of carbonyl (C=O) groups excluding carboxylic acids is 2. The van der Waals surface area contributed by atoms with Crippen molar-refractivity contribution in [1.82, 2.24) is 30.0 Å². The van der Waals surface area contributed by atoms with Gasteiger partial charge in [0.05, 0.1) is 23.3 Å². The van der Waals surface area contributed by atoms with E-state index in [0.717, 1.165) is 41.5 Å². The smallest absolute Gasteiger partial charge is 0.253 e. The molecular weight excluding hydrogens is 464 g/mol. The molecule has 186 valence electrons. The highest BCUT2D eigenvalue weighted by Gasteiger charge is 2.37. The Balaban J connectivity index is 1.34. The standard InChI is InChI=1S/C25H32N6O3S/c1-18-6-7-21(23(32)27-10-14-35-15-20-5-4-13-34-20)22(29-18)19-8-11-30(12-9-19)24(33)25(2,3)31-17-26-16-28-31/h4-7,13,16-17,19H,8-12,14-15H2,1-3H3,(H,27,32). The summed E-state index contributed by atoms with van der Waals surface area (Å²) in [7, 11) is 0. The number of piperidine rings is 1. The Kier molecular flexibility index (Phi) is 7.90. The fourth-order valence-corrected chi connectivity index (χ4v) is 5.07. The molecule has 0 atom stereocenters. The van der Waals surface area contributed by atoms with Crippen LogP contribution < -0.4 is 5.32 Å². The van der Waals surface area contributed by atoms with Gasteiger partial charge in [0, 0.05) is 37.0 Å². The van der Waals surface area contributed by atoms with Gasteiger partial charge in [-0.2, -0.15) is 16.9 Å². The number of nitrogens with zero attached hydrogens (tertiary/aromatic N) is 5. The highest BCUT2D eigenvalue weighted by molar-refractivity contribution is 7.98. The normalized spacial score (nSPS) is 14.8. The molecule has 4 rings (SSSR count). The molecule has 0 aliphatic carbocycles. The second kappa shape index (κ2) is 11.1. The van der Waals surface area contributed by atoms with Gasteiger partial charge in [-0.05, 0) is 57.9 Å². The van der Waals surface area contributed by atoms with Crippen LogP contribution >= 0.6 is 11.8 Å². The summed E-state index contributed by atoms with van der Waals surface area (Å²) in [5.41, 5.74) is 1.54. The van der Waals surface area contributed by atoms with Crippen molar-refractivity contribution < 1.29 is 14.0 Å². The number of aromatic nitrogens is 4. The molecule has 1 N–H and O–H groups in total. The first kappa shape index (κ1) is 25.0. The van der Waals surface area contributed by atoms with Crippen LogP contribution in [0, 0.1) is 6.92 Å². The van der Waals surface area contributed by atoms with E-state index >= 15 is 0 Å². The number of carbonyl (C=O) groups is 2. The third-order valence-electron chi connectivity index (χ3n) is 6.35. The highest BCUT2D eigenvalue weighted by Crippen LogP contribution is 2.31. The van der Waals surface area contributed by atoms with Gasteiger partial charge in [0.15, 0.2) is 0 Å². The van der Waals surface area contributed by atoms with Gasteiger partial charge in [0.2, 0.25) is 5.91 Å². The molecule has 10 heteroatoms. The van der Waals surface area contributed by atoms with E-state index in [1.807, 2.05) is 49.9 Å². The number of thioether (sulfide) groups is 1. The van der Waals surface area contributed by atoms with Crippen LogP contribution in [0.1, 0.15) is 60.1 Å². The van der Waals surface area contributed by atoms with E-state index in [1.54, 1.807) is 29.0 Å². The first-order valence-corrected chi connectivity index (χ1v) is 13.0. The maximum atomic E-state index is 13.2. The zero-order chi connectivity index (χ0) is 24.8. The van der Waals surface area contributed by atoms with Crippen LogP contribution in [-0.4, -0.2) is 61.8 Å². The van der Waals surface area contributed by atoms with Gasteiger partial charge in [-0.3, -0.25) is 14.6 Å². The Labute approximate surface area is 209 Å². The molecule has 0 unspecified atom stereocenters. The van der Waals surface area contributed by atoms with Crippen molar-refractivity contribution >= 4 is 23.6 Å². The van der Waals surface area contributed by atoms with Crippen LogP contribution in [0.2, 0.25) is 0 Å². The lowest BCUT2D eigenvalue weighted by Gasteiger charge is -2.37. The van der Waals surface area contributed by atoms with Crippen molar-refractivity contribution in [2.45, 2.75) is 50.8 Å². The zero-order valence-corrected chi connectivity index (χ0v) is 21.3. The first-order chi connectivity index (χ1) is 16.9. The number of hydrogen-bond acceptors (Lipinski definition) is 7. The largest absolute Gasteiger partial charge is 0.468 e. The van der Waals surface area contributed by atoms with E-state index in [0.29, 0.717) is 25.2 Å².